The summed E-state index contributed by atoms with van der Waals surface area (Å²) in [6.45, 7) is 6.36. The van der Waals surface area contributed by atoms with Gasteiger partial charge in [-0.25, -0.2) is 0 Å². The number of rotatable bonds is 5. The molecule has 0 aliphatic heterocycles. The number of anilines is 1. The molecule has 0 aliphatic carbocycles. The lowest BCUT2D eigenvalue weighted by atomic mass is 10.0. The van der Waals surface area contributed by atoms with Gasteiger partial charge >= 0.3 is 0 Å². The third kappa shape index (κ3) is 3.02. The molecule has 0 saturated heterocycles. The maximum atomic E-state index is 10.6. The fraction of sp³-hybridized carbons (Fsp3) is 0.235. The van der Waals surface area contributed by atoms with Crippen molar-refractivity contribution in [2.45, 2.75) is 13.8 Å². The van der Waals surface area contributed by atoms with Crippen molar-refractivity contribution in [1.82, 2.24) is 0 Å². The van der Waals surface area contributed by atoms with Crippen LogP contribution in [0.15, 0.2) is 48.5 Å². The number of nitrogens with zero attached hydrogens (tertiary/aromatic N) is 1. The number of aldehydes is 1. The second-order valence-corrected chi connectivity index (χ2v) is 4.46. The molecule has 0 fully saturated rings. The van der Waals surface area contributed by atoms with Gasteiger partial charge in [-0.2, -0.15) is 0 Å². The van der Waals surface area contributed by atoms with Gasteiger partial charge in [-0.1, -0.05) is 36.4 Å². The first-order chi connectivity index (χ1) is 9.28. The van der Waals surface area contributed by atoms with Crippen LogP contribution in [0.4, 0.5) is 5.69 Å². The first-order valence-electron chi connectivity index (χ1n) is 6.69. The van der Waals surface area contributed by atoms with Gasteiger partial charge in [0.25, 0.3) is 0 Å². The standard InChI is InChI=1S/C17H19NO/c1-3-18(4-2)17-11-9-16(10-12-17)15-7-5-14(13-19)6-8-15/h5-13H,3-4H2,1-2H3. The molecule has 2 aromatic carbocycles. The van der Waals surface area contributed by atoms with Crippen molar-refractivity contribution in [2.75, 3.05) is 18.0 Å². The van der Waals surface area contributed by atoms with Crippen LogP contribution in [0.25, 0.3) is 11.1 Å². The Bertz CT molecular complexity index is 524. The summed E-state index contributed by atoms with van der Waals surface area (Å²) in [4.78, 5) is 13.0. The molecule has 0 heterocycles. The lowest BCUT2D eigenvalue weighted by Gasteiger charge is -2.21. The van der Waals surface area contributed by atoms with Crippen LogP contribution >= 0.6 is 0 Å². The Balaban J connectivity index is 2.23. The first-order valence-corrected chi connectivity index (χ1v) is 6.69. The Hall–Kier alpha value is -2.09. The maximum Gasteiger partial charge on any atom is 0.150 e. The van der Waals surface area contributed by atoms with E-state index < -0.39 is 0 Å². The Morgan fingerprint density at radius 1 is 0.842 bits per heavy atom. The predicted octanol–water partition coefficient (Wildman–Crippen LogP) is 4.01. The lowest BCUT2D eigenvalue weighted by molar-refractivity contribution is 0.112. The van der Waals surface area contributed by atoms with Gasteiger partial charge in [0.15, 0.2) is 0 Å². The molecule has 2 heteroatoms. The van der Waals surface area contributed by atoms with E-state index in [1.54, 1.807) is 0 Å². The molecule has 19 heavy (non-hydrogen) atoms. The molecular weight excluding hydrogens is 234 g/mol. The normalized spacial score (nSPS) is 10.2. The summed E-state index contributed by atoms with van der Waals surface area (Å²) in [6.07, 6.45) is 0.868. The minimum Gasteiger partial charge on any atom is -0.372 e. The summed E-state index contributed by atoms with van der Waals surface area (Å²) in [5.41, 5.74) is 4.27. The molecule has 0 unspecified atom stereocenters. The van der Waals surface area contributed by atoms with Crippen LogP contribution in [0.5, 0.6) is 0 Å². The number of carbonyl (C=O) groups is 1. The molecule has 2 rings (SSSR count). The van der Waals surface area contributed by atoms with E-state index in [1.807, 2.05) is 24.3 Å². The maximum absolute atomic E-state index is 10.6. The molecule has 0 radical (unpaired) electrons. The van der Waals surface area contributed by atoms with Gasteiger partial charge in [0.05, 0.1) is 0 Å². The summed E-state index contributed by atoms with van der Waals surface area (Å²) in [5, 5.41) is 0. The minimum atomic E-state index is 0.712. The van der Waals surface area contributed by atoms with E-state index in [9.17, 15) is 4.79 Å². The second-order valence-electron chi connectivity index (χ2n) is 4.46. The number of hydrogen-bond acceptors (Lipinski definition) is 2. The van der Waals surface area contributed by atoms with E-state index in [1.165, 1.54) is 11.3 Å². The molecule has 2 aromatic rings. The molecular formula is C17H19NO. The van der Waals surface area contributed by atoms with Crippen LogP contribution in [-0.2, 0) is 0 Å². The summed E-state index contributed by atoms with van der Waals surface area (Å²) < 4.78 is 0. The molecule has 0 aliphatic rings. The van der Waals surface area contributed by atoms with E-state index in [4.69, 9.17) is 0 Å². The van der Waals surface area contributed by atoms with Gasteiger partial charge in [-0.3, -0.25) is 4.79 Å². The van der Waals surface area contributed by atoms with Crippen LogP contribution < -0.4 is 4.90 Å². The Labute approximate surface area is 114 Å². The van der Waals surface area contributed by atoms with Crippen LogP contribution in [0.3, 0.4) is 0 Å². The molecule has 0 amide bonds. The Morgan fingerprint density at radius 2 is 1.32 bits per heavy atom. The zero-order chi connectivity index (χ0) is 13.7. The quantitative estimate of drug-likeness (QED) is 0.750. The predicted molar refractivity (Wildman–Crippen MR) is 80.8 cm³/mol. The zero-order valence-electron chi connectivity index (χ0n) is 11.5. The first kappa shape index (κ1) is 13.3. The van der Waals surface area contributed by atoms with E-state index in [0.717, 1.165) is 24.9 Å². The monoisotopic (exact) mass is 253 g/mol. The molecule has 0 atom stereocenters. The van der Waals surface area contributed by atoms with Gasteiger partial charge in [0.2, 0.25) is 0 Å². The van der Waals surface area contributed by atoms with Crippen molar-refractivity contribution in [3.8, 4) is 11.1 Å². The zero-order valence-corrected chi connectivity index (χ0v) is 11.5. The molecule has 0 N–H and O–H groups in total. The largest absolute Gasteiger partial charge is 0.372 e. The summed E-state index contributed by atoms with van der Waals surface area (Å²) in [6, 6.07) is 16.2. The van der Waals surface area contributed by atoms with Crippen molar-refractivity contribution in [3.63, 3.8) is 0 Å². The van der Waals surface area contributed by atoms with Gasteiger partial charge in [-0.15, -0.1) is 0 Å². The highest BCUT2D eigenvalue weighted by Crippen LogP contribution is 2.23. The average molecular weight is 253 g/mol. The Morgan fingerprint density at radius 3 is 1.74 bits per heavy atom. The number of hydrogen-bond donors (Lipinski definition) is 0. The lowest BCUT2D eigenvalue weighted by Crippen LogP contribution is -2.21. The van der Waals surface area contributed by atoms with Crippen molar-refractivity contribution in [1.29, 1.82) is 0 Å². The van der Waals surface area contributed by atoms with E-state index in [-0.39, 0.29) is 0 Å². The molecule has 2 nitrogen and oxygen atoms in total. The Kier molecular flexibility index (Phi) is 4.35. The van der Waals surface area contributed by atoms with Crippen molar-refractivity contribution in [2.24, 2.45) is 0 Å². The van der Waals surface area contributed by atoms with Crippen molar-refractivity contribution in [3.05, 3.63) is 54.1 Å². The number of benzene rings is 2. The third-order valence-corrected chi connectivity index (χ3v) is 3.38. The van der Waals surface area contributed by atoms with E-state index in [0.29, 0.717) is 5.56 Å². The third-order valence-electron chi connectivity index (χ3n) is 3.38. The minimum absolute atomic E-state index is 0.712. The van der Waals surface area contributed by atoms with Gasteiger partial charge in [-0.05, 0) is 37.1 Å². The highest BCUT2D eigenvalue weighted by atomic mass is 16.1. The van der Waals surface area contributed by atoms with Crippen LogP contribution in [0, 0.1) is 0 Å². The highest BCUT2D eigenvalue weighted by molar-refractivity contribution is 5.77. The fourth-order valence-electron chi connectivity index (χ4n) is 2.21. The van der Waals surface area contributed by atoms with Crippen LogP contribution in [-0.4, -0.2) is 19.4 Å². The van der Waals surface area contributed by atoms with E-state index >= 15 is 0 Å². The van der Waals surface area contributed by atoms with E-state index in [2.05, 4.69) is 43.0 Å². The van der Waals surface area contributed by atoms with Crippen molar-refractivity contribution < 1.29 is 4.79 Å². The van der Waals surface area contributed by atoms with Gasteiger partial charge < -0.3 is 4.90 Å². The molecule has 98 valence electrons. The fourth-order valence-corrected chi connectivity index (χ4v) is 2.21. The molecule has 0 bridgehead atoms. The van der Waals surface area contributed by atoms with Crippen LogP contribution in [0.1, 0.15) is 24.2 Å². The molecule has 0 aromatic heterocycles. The molecule has 0 spiro atoms. The van der Waals surface area contributed by atoms with Gasteiger partial charge in [0.1, 0.15) is 6.29 Å². The smallest absolute Gasteiger partial charge is 0.150 e. The topological polar surface area (TPSA) is 20.3 Å². The number of carbonyl (C=O) groups excluding carboxylic acids is 1. The molecule has 0 saturated carbocycles. The summed E-state index contributed by atoms with van der Waals surface area (Å²) in [7, 11) is 0. The van der Waals surface area contributed by atoms with Crippen LogP contribution in [0.2, 0.25) is 0 Å². The average Bonchev–Trinajstić information content (AvgIpc) is 2.49. The summed E-state index contributed by atoms with van der Waals surface area (Å²) >= 11 is 0. The second kappa shape index (κ2) is 6.19. The highest BCUT2D eigenvalue weighted by Gasteiger charge is 2.02. The summed E-state index contributed by atoms with van der Waals surface area (Å²) in [5.74, 6) is 0. The SMILES string of the molecule is CCN(CC)c1ccc(-c2ccc(C=O)cc2)cc1. The van der Waals surface area contributed by atoms with Crippen molar-refractivity contribution >= 4 is 12.0 Å². The van der Waals surface area contributed by atoms with Gasteiger partial charge in [0, 0.05) is 24.3 Å².